The van der Waals surface area contributed by atoms with Crippen molar-refractivity contribution in [2.75, 3.05) is 6.61 Å². The minimum Gasteiger partial charge on any atom is -0.462 e. The molecule has 0 aromatic rings. The minimum atomic E-state index is -0.345. The van der Waals surface area contributed by atoms with E-state index >= 15 is 0 Å². The topological polar surface area (TPSA) is 52.6 Å². The van der Waals surface area contributed by atoms with E-state index in [1.807, 2.05) is 0 Å². The lowest BCUT2D eigenvalue weighted by Gasteiger charge is -2.25. The van der Waals surface area contributed by atoms with Crippen molar-refractivity contribution in [3.63, 3.8) is 0 Å². The Balaban J connectivity index is 1.46. The number of cyclic esters (lactones) is 1. The fraction of sp³-hybridized carbons (Fsp3) is 0.857. The van der Waals surface area contributed by atoms with Crippen LogP contribution in [0.25, 0.3) is 0 Å². The van der Waals surface area contributed by atoms with Crippen molar-refractivity contribution in [2.45, 2.75) is 45.1 Å². The molecule has 0 N–H and O–H groups in total. The van der Waals surface area contributed by atoms with E-state index in [0.29, 0.717) is 12.3 Å². The van der Waals surface area contributed by atoms with E-state index in [4.69, 9.17) is 9.47 Å². The molecule has 1 heterocycles. The molecular weight excluding hydrogens is 232 g/mol. The smallest absolute Gasteiger partial charge is 0.309 e. The van der Waals surface area contributed by atoms with Crippen molar-refractivity contribution in [1.82, 2.24) is 0 Å². The third-order valence-electron chi connectivity index (χ3n) is 4.91. The first kappa shape index (κ1) is 12.0. The standard InChI is InChI=1S/C14H20O4/c1-8-2-10-3-9(8)4-11(10)5-14(16)18-12-6-13(15)17-7-12/h8-12H,2-7H2,1H3. The van der Waals surface area contributed by atoms with E-state index in [-0.39, 0.29) is 31.1 Å². The zero-order valence-electron chi connectivity index (χ0n) is 10.8. The third-order valence-corrected chi connectivity index (χ3v) is 4.91. The maximum absolute atomic E-state index is 11.8. The van der Waals surface area contributed by atoms with Gasteiger partial charge in [-0.05, 0) is 42.9 Å². The van der Waals surface area contributed by atoms with Crippen LogP contribution in [0.5, 0.6) is 0 Å². The number of rotatable bonds is 3. The Labute approximate surface area is 107 Å². The third kappa shape index (κ3) is 2.25. The Kier molecular flexibility index (Phi) is 3.04. The second kappa shape index (κ2) is 4.56. The van der Waals surface area contributed by atoms with Crippen LogP contribution in [0.4, 0.5) is 0 Å². The molecule has 3 aliphatic rings. The molecule has 4 nitrogen and oxygen atoms in total. The molecule has 2 bridgehead atoms. The van der Waals surface area contributed by atoms with E-state index in [9.17, 15) is 9.59 Å². The summed E-state index contributed by atoms with van der Waals surface area (Å²) in [6, 6.07) is 0. The van der Waals surface area contributed by atoms with Gasteiger partial charge in [0.1, 0.15) is 12.7 Å². The summed E-state index contributed by atoms with van der Waals surface area (Å²) in [5, 5.41) is 0. The molecule has 0 spiro atoms. The number of esters is 2. The van der Waals surface area contributed by atoms with Gasteiger partial charge in [-0.2, -0.15) is 0 Å². The maximum atomic E-state index is 11.8. The van der Waals surface area contributed by atoms with Crippen molar-refractivity contribution in [2.24, 2.45) is 23.7 Å². The van der Waals surface area contributed by atoms with Gasteiger partial charge in [0.05, 0.1) is 6.42 Å². The van der Waals surface area contributed by atoms with Gasteiger partial charge in [-0.25, -0.2) is 0 Å². The van der Waals surface area contributed by atoms with Crippen LogP contribution in [0, 0.1) is 23.7 Å². The molecule has 3 fully saturated rings. The van der Waals surface area contributed by atoms with Gasteiger partial charge in [-0.1, -0.05) is 6.92 Å². The second-order valence-corrected chi connectivity index (χ2v) is 6.17. The highest BCUT2D eigenvalue weighted by atomic mass is 16.6. The van der Waals surface area contributed by atoms with Gasteiger partial charge in [0.25, 0.3) is 0 Å². The van der Waals surface area contributed by atoms with E-state index < -0.39 is 0 Å². The summed E-state index contributed by atoms with van der Waals surface area (Å²) >= 11 is 0. The lowest BCUT2D eigenvalue weighted by molar-refractivity contribution is -0.150. The fourth-order valence-corrected chi connectivity index (χ4v) is 3.95. The zero-order chi connectivity index (χ0) is 12.7. The number of hydrogen-bond acceptors (Lipinski definition) is 4. The normalized spacial score (nSPS) is 42.1. The average molecular weight is 252 g/mol. The molecule has 4 heteroatoms. The van der Waals surface area contributed by atoms with Gasteiger partial charge in [0.2, 0.25) is 0 Å². The number of fused-ring (bicyclic) bond motifs is 2. The summed E-state index contributed by atoms with van der Waals surface area (Å²) < 4.78 is 10.1. The highest BCUT2D eigenvalue weighted by Crippen LogP contribution is 2.52. The first-order valence-corrected chi connectivity index (χ1v) is 6.97. The molecule has 5 unspecified atom stereocenters. The fourth-order valence-electron chi connectivity index (χ4n) is 3.95. The quantitative estimate of drug-likeness (QED) is 0.720. The second-order valence-electron chi connectivity index (χ2n) is 6.17. The lowest BCUT2D eigenvalue weighted by Crippen LogP contribution is -2.23. The molecule has 0 amide bonds. The molecule has 0 aromatic carbocycles. The maximum Gasteiger partial charge on any atom is 0.309 e. The van der Waals surface area contributed by atoms with Crippen LogP contribution in [-0.2, 0) is 19.1 Å². The van der Waals surface area contributed by atoms with Gasteiger partial charge < -0.3 is 9.47 Å². The van der Waals surface area contributed by atoms with Crippen LogP contribution in [0.3, 0.4) is 0 Å². The molecule has 2 aliphatic carbocycles. The van der Waals surface area contributed by atoms with Crippen LogP contribution in [0.15, 0.2) is 0 Å². The van der Waals surface area contributed by atoms with Crippen molar-refractivity contribution >= 4 is 11.9 Å². The summed E-state index contributed by atoms with van der Waals surface area (Å²) in [7, 11) is 0. The Hall–Kier alpha value is -1.06. The first-order chi connectivity index (χ1) is 8.61. The molecule has 0 radical (unpaired) electrons. The SMILES string of the molecule is CC1CC2CC1CC2CC(=O)OC1COC(=O)C1. The Morgan fingerprint density at radius 1 is 1.33 bits per heavy atom. The van der Waals surface area contributed by atoms with E-state index in [1.165, 1.54) is 19.3 Å². The van der Waals surface area contributed by atoms with Crippen molar-refractivity contribution in [1.29, 1.82) is 0 Å². The van der Waals surface area contributed by atoms with Crippen LogP contribution >= 0.6 is 0 Å². The highest BCUT2D eigenvalue weighted by molar-refractivity contribution is 5.74. The van der Waals surface area contributed by atoms with Crippen molar-refractivity contribution in [3.8, 4) is 0 Å². The summed E-state index contributed by atoms with van der Waals surface area (Å²) in [4.78, 5) is 22.7. The van der Waals surface area contributed by atoms with Crippen molar-refractivity contribution < 1.29 is 19.1 Å². The van der Waals surface area contributed by atoms with Gasteiger partial charge in [0.15, 0.2) is 0 Å². The van der Waals surface area contributed by atoms with Crippen LogP contribution in [-0.4, -0.2) is 24.6 Å². The largest absolute Gasteiger partial charge is 0.462 e. The summed E-state index contributed by atoms with van der Waals surface area (Å²) in [5.74, 6) is 2.48. The molecule has 2 saturated carbocycles. The molecule has 1 saturated heterocycles. The average Bonchev–Trinajstić information content (AvgIpc) is 2.95. The van der Waals surface area contributed by atoms with Gasteiger partial charge in [-0.15, -0.1) is 0 Å². The molecule has 100 valence electrons. The van der Waals surface area contributed by atoms with Crippen molar-refractivity contribution in [3.05, 3.63) is 0 Å². The predicted molar refractivity (Wildman–Crippen MR) is 63.6 cm³/mol. The minimum absolute atomic E-state index is 0.150. The Bertz CT molecular complexity index is 363. The molecule has 18 heavy (non-hydrogen) atoms. The zero-order valence-corrected chi connectivity index (χ0v) is 10.8. The summed E-state index contributed by atoms with van der Waals surface area (Å²) in [6.07, 6.45) is 4.15. The van der Waals surface area contributed by atoms with Gasteiger partial charge in [0, 0.05) is 6.42 Å². The molecule has 5 atom stereocenters. The molecular formula is C14H20O4. The molecule has 3 rings (SSSR count). The monoisotopic (exact) mass is 252 g/mol. The number of carbonyl (C=O) groups excluding carboxylic acids is 2. The molecule has 0 aromatic heterocycles. The lowest BCUT2D eigenvalue weighted by atomic mass is 9.81. The molecule has 1 aliphatic heterocycles. The van der Waals surface area contributed by atoms with Gasteiger partial charge in [-0.3, -0.25) is 9.59 Å². The predicted octanol–water partition coefficient (Wildman–Crippen LogP) is 1.92. The van der Waals surface area contributed by atoms with E-state index in [0.717, 1.165) is 17.8 Å². The Morgan fingerprint density at radius 3 is 2.72 bits per heavy atom. The van der Waals surface area contributed by atoms with Crippen LogP contribution < -0.4 is 0 Å². The summed E-state index contributed by atoms with van der Waals surface area (Å²) in [5.41, 5.74) is 0. The van der Waals surface area contributed by atoms with E-state index in [2.05, 4.69) is 6.92 Å². The number of ether oxygens (including phenoxy) is 2. The Morgan fingerprint density at radius 2 is 2.17 bits per heavy atom. The van der Waals surface area contributed by atoms with Crippen LogP contribution in [0.2, 0.25) is 0 Å². The van der Waals surface area contributed by atoms with Gasteiger partial charge >= 0.3 is 11.9 Å². The number of carbonyl (C=O) groups is 2. The van der Waals surface area contributed by atoms with Crippen LogP contribution in [0.1, 0.15) is 39.0 Å². The van der Waals surface area contributed by atoms with E-state index in [1.54, 1.807) is 0 Å². The summed E-state index contributed by atoms with van der Waals surface area (Å²) in [6.45, 7) is 2.55. The first-order valence-electron chi connectivity index (χ1n) is 6.97. The number of hydrogen-bond donors (Lipinski definition) is 0. The highest BCUT2D eigenvalue weighted by Gasteiger charge is 2.44.